The minimum atomic E-state index is -0.00370. The number of ether oxygens (including phenoxy) is 2. The van der Waals surface area contributed by atoms with Crippen LogP contribution in [-0.4, -0.2) is 26.2 Å². The Morgan fingerprint density at radius 2 is 1.90 bits per heavy atom. The van der Waals surface area contributed by atoms with Crippen LogP contribution in [0.5, 0.6) is 11.5 Å². The summed E-state index contributed by atoms with van der Waals surface area (Å²) in [6, 6.07) is 5.98. The Bertz CT molecular complexity index is 491. The molecule has 20 heavy (non-hydrogen) atoms. The van der Waals surface area contributed by atoms with Crippen molar-refractivity contribution in [1.82, 2.24) is 5.32 Å². The highest BCUT2D eigenvalue weighted by molar-refractivity contribution is 5.76. The molecule has 0 saturated carbocycles. The van der Waals surface area contributed by atoms with Crippen molar-refractivity contribution >= 4 is 5.91 Å². The van der Waals surface area contributed by atoms with Gasteiger partial charge in [0, 0.05) is 13.5 Å². The molecule has 1 aromatic carbocycles. The van der Waals surface area contributed by atoms with Crippen LogP contribution in [0.25, 0.3) is 0 Å². The number of amides is 1. The third-order valence-corrected chi connectivity index (χ3v) is 3.68. The lowest BCUT2D eigenvalue weighted by Gasteiger charge is -2.31. The first kappa shape index (κ1) is 14.7. The molecule has 1 heterocycles. The highest BCUT2D eigenvalue weighted by Crippen LogP contribution is 2.41. The van der Waals surface area contributed by atoms with Crippen LogP contribution in [0.15, 0.2) is 18.2 Å². The predicted octanol–water partition coefficient (Wildman–Crippen LogP) is 2.72. The summed E-state index contributed by atoms with van der Waals surface area (Å²) in [5.74, 6) is 1.76. The van der Waals surface area contributed by atoms with E-state index in [1.165, 1.54) is 0 Å². The molecule has 0 saturated heterocycles. The van der Waals surface area contributed by atoms with E-state index >= 15 is 0 Å². The fourth-order valence-corrected chi connectivity index (χ4v) is 2.49. The number of benzene rings is 1. The van der Waals surface area contributed by atoms with Crippen LogP contribution < -0.4 is 14.8 Å². The lowest BCUT2D eigenvalue weighted by molar-refractivity contribution is -0.121. The third-order valence-electron chi connectivity index (χ3n) is 3.68. The van der Waals surface area contributed by atoms with Crippen molar-refractivity contribution in [2.24, 2.45) is 5.41 Å². The van der Waals surface area contributed by atoms with E-state index in [0.717, 1.165) is 17.1 Å². The van der Waals surface area contributed by atoms with E-state index in [9.17, 15) is 4.79 Å². The lowest BCUT2D eigenvalue weighted by Crippen LogP contribution is -2.27. The Kier molecular flexibility index (Phi) is 4.21. The van der Waals surface area contributed by atoms with Crippen LogP contribution in [0.3, 0.4) is 0 Å². The average Bonchev–Trinajstić information content (AvgIpc) is 2.42. The van der Waals surface area contributed by atoms with Crippen LogP contribution in [0, 0.1) is 5.41 Å². The van der Waals surface area contributed by atoms with E-state index in [4.69, 9.17) is 9.47 Å². The highest BCUT2D eigenvalue weighted by Gasteiger charge is 2.29. The summed E-state index contributed by atoms with van der Waals surface area (Å²) >= 11 is 0. The van der Waals surface area contributed by atoms with Gasteiger partial charge in [0.05, 0.1) is 0 Å². The smallest absolute Gasteiger partial charge is 0.220 e. The van der Waals surface area contributed by atoms with E-state index in [0.29, 0.717) is 19.6 Å². The maximum absolute atomic E-state index is 11.8. The molecule has 2 rings (SSSR count). The quantitative estimate of drug-likeness (QED) is 0.924. The molecule has 0 aromatic heterocycles. The average molecular weight is 277 g/mol. The maximum Gasteiger partial charge on any atom is 0.220 e. The van der Waals surface area contributed by atoms with Gasteiger partial charge in [0.2, 0.25) is 5.91 Å². The fourth-order valence-electron chi connectivity index (χ4n) is 2.49. The van der Waals surface area contributed by atoms with Gasteiger partial charge in [-0.15, -0.1) is 0 Å². The SMILES string of the molecule is CNC(=O)CC(c1ccc2c(c1)OCCO2)C(C)(C)C. The summed E-state index contributed by atoms with van der Waals surface area (Å²) in [5.41, 5.74) is 1.11. The first-order chi connectivity index (χ1) is 9.41. The number of carbonyl (C=O) groups excluding carboxylic acids is 1. The Balaban J connectivity index is 2.31. The monoisotopic (exact) mass is 277 g/mol. The van der Waals surface area contributed by atoms with E-state index < -0.39 is 0 Å². The zero-order valence-electron chi connectivity index (χ0n) is 12.7. The minimum Gasteiger partial charge on any atom is -0.486 e. The second-order valence-electron chi connectivity index (χ2n) is 6.20. The molecule has 1 amide bonds. The summed E-state index contributed by atoms with van der Waals surface area (Å²) < 4.78 is 11.2. The molecule has 0 fully saturated rings. The van der Waals surface area contributed by atoms with Gasteiger partial charge in [-0.3, -0.25) is 4.79 Å². The van der Waals surface area contributed by atoms with Gasteiger partial charge in [-0.2, -0.15) is 0 Å². The molecule has 110 valence electrons. The molecule has 4 nitrogen and oxygen atoms in total. The Labute approximate surface area is 120 Å². The lowest BCUT2D eigenvalue weighted by atomic mass is 9.74. The van der Waals surface area contributed by atoms with Gasteiger partial charge >= 0.3 is 0 Å². The molecule has 0 bridgehead atoms. The van der Waals surface area contributed by atoms with E-state index in [1.807, 2.05) is 18.2 Å². The van der Waals surface area contributed by atoms with Crippen LogP contribution in [0.2, 0.25) is 0 Å². The summed E-state index contributed by atoms with van der Waals surface area (Å²) in [7, 11) is 1.67. The van der Waals surface area contributed by atoms with Crippen LogP contribution >= 0.6 is 0 Å². The first-order valence-corrected chi connectivity index (χ1v) is 7.02. The molecule has 1 atom stereocenters. The van der Waals surface area contributed by atoms with E-state index in [2.05, 4.69) is 26.1 Å². The van der Waals surface area contributed by atoms with Crippen molar-refractivity contribution in [2.45, 2.75) is 33.1 Å². The molecule has 1 aromatic rings. The van der Waals surface area contributed by atoms with Crippen molar-refractivity contribution in [1.29, 1.82) is 0 Å². The van der Waals surface area contributed by atoms with E-state index in [1.54, 1.807) is 7.05 Å². The standard InChI is InChI=1S/C16H23NO3/c1-16(2,3)12(10-15(18)17-4)11-5-6-13-14(9-11)20-8-7-19-13/h5-6,9,12H,7-8,10H2,1-4H3,(H,17,18). The Hall–Kier alpha value is -1.71. The number of nitrogens with one attached hydrogen (secondary N) is 1. The molecule has 0 spiro atoms. The predicted molar refractivity (Wildman–Crippen MR) is 78.3 cm³/mol. The minimum absolute atomic E-state index is 0.00370. The molecular formula is C16H23NO3. The fraction of sp³-hybridized carbons (Fsp3) is 0.562. The first-order valence-electron chi connectivity index (χ1n) is 7.02. The van der Waals surface area contributed by atoms with Gasteiger partial charge in [-0.05, 0) is 29.0 Å². The number of rotatable bonds is 3. The van der Waals surface area contributed by atoms with Gasteiger partial charge in [0.25, 0.3) is 0 Å². The second-order valence-corrected chi connectivity index (χ2v) is 6.20. The summed E-state index contributed by atoms with van der Waals surface area (Å²) in [6.45, 7) is 7.62. The number of carbonyl (C=O) groups is 1. The van der Waals surface area contributed by atoms with Crippen molar-refractivity contribution in [2.75, 3.05) is 20.3 Å². The number of hydrogen-bond acceptors (Lipinski definition) is 3. The van der Waals surface area contributed by atoms with Crippen molar-refractivity contribution in [3.63, 3.8) is 0 Å². The van der Waals surface area contributed by atoms with Crippen molar-refractivity contribution < 1.29 is 14.3 Å². The molecule has 1 unspecified atom stereocenters. The van der Waals surface area contributed by atoms with E-state index in [-0.39, 0.29) is 17.2 Å². The molecule has 1 N–H and O–H groups in total. The molecule has 1 aliphatic heterocycles. The molecule has 1 aliphatic rings. The normalized spacial score (nSPS) is 15.6. The zero-order chi connectivity index (χ0) is 14.8. The van der Waals surface area contributed by atoms with Gasteiger partial charge in [0.15, 0.2) is 11.5 Å². The van der Waals surface area contributed by atoms with Crippen LogP contribution in [0.1, 0.15) is 38.7 Å². The van der Waals surface area contributed by atoms with Crippen LogP contribution in [-0.2, 0) is 4.79 Å². The third kappa shape index (κ3) is 3.24. The Morgan fingerprint density at radius 3 is 2.50 bits per heavy atom. The largest absolute Gasteiger partial charge is 0.486 e. The summed E-state index contributed by atoms with van der Waals surface area (Å²) in [4.78, 5) is 11.8. The molecular weight excluding hydrogens is 254 g/mol. The Morgan fingerprint density at radius 1 is 1.25 bits per heavy atom. The zero-order valence-corrected chi connectivity index (χ0v) is 12.7. The van der Waals surface area contributed by atoms with Crippen molar-refractivity contribution in [3.8, 4) is 11.5 Å². The van der Waals surface area contributed by atoms with Gasteiger partial charge in [-0.1, -0.05) is 26.8 Å². The number of hydrogen-bond donors (Lipinski definition) is 1. The number of fused-ring (bicyclic) bond motifs is 1. The van der Waals surface area contributed by atoms with Crippen molar-refractivity contribution in [3.05, 3.63) is 23.8 Å². The summed E-state index contributed by atoms with van der Waals surface area (Å²) in [6.07, 6.45) is 0.472. The van der Waals surface area contributed by atoms with Gasteiger partial charge < -0.3 is 14.8 Å². The second kappa shape index (κ2) is 5.73. The van der Waals surface area contributed by atoms with Crippen LogP contribution in [0.4, 0.5) is 0 Å². The molecule has 0 radical (unpaired) electrons. The molecule has 0 aliphatic carbocycles. The highest BCUT2D eigenvalue weighted by atomic mass is 16.6. The summed E-state index contributed by atoms with van der Waals surface area (Å²) in [5, 5.41) is 2.70. The van der Waals surface area contributed by atoms with Gasteiger partial charge in [-0.25, -0.2) is 0 Å². The molecule has 4 heteroatoms. The topological polar surface area (TPSA) is 47.6 Å². The maximum atomic E-state index is 11.8. The van der Waals surface area contributed by atoms with Gasteiger partial charge in [0.1, 0.15) is 13.2 Å².